The Kier molecular flexibility index (Phi) is 13.3. The minimum atomic E-state index is -0.335. The summed E-state index contributed by atoms with van der Waals surface area (Å²) in [4.78, 5) is 0. The molecule has 1 unspecified atom stereocenters. The van der Waals surface area contributed by atoms with Crippen LogP contribution in [0.2, 0.25) is 0 Å². The van der Waals surface area contributed by atoms with Gasteiger partial charge in [0.2, 0.25) is 0 Å². The molecule has 0 saturated carbocycles. The fourth-order valence-electron chi connectivity index (χ4n) is 3.65. The second kappa shape index (κ2) is 17.4. The first-order valence-electron chi connectivity index (χ1n) is 13.5. The van der Waals surface area contributed by atoms with Crippen molar-refractivity contribution < 1.29 is 28.4 Å². The van der Waals surface area contributed by atoms with Gasteiger partial charge in [0.1, 0.15) is 54.8 Å². The van der Waals surface area contributed by atoms with Crippen LogP contribution in [0.3, 0.4) is 0 Å². The zero-order chi connectivity index (χ0) is 30.2. The molecule has 0 aromatic heterocycles. The van der Waals surface area contributed by atoms with E-state index < -0.39 is 0 Å². The van der Waals surface area contributed by atoms with E-state index in [2.05, 4.69) is 0 Å². The minimum absolute atomic E-state index is 0.00481. The second-order valence-corrected chi connectivity index (χ2v) is 9.21. The normalized spacial score (nSPS) is 11.5. The number of rotatable bonds is 20. The third kappa shape index (κ3) is 11.6. The molecule has 0 aliphatic heterocycles. The molecule has 0 amide bonds. The van der Waals surface area contributed by atoms with E-state index in [4.69, 9.17) is 56.1 Å². The van der Waals surface area contributed by atoms with Crippen LogP contribution in [0.1, 0.15) is 23.6 Å². The van der Waals surface area contributed by atoms with Crippen molar-refractivity contribution in [3.63, 3.8) is 0 Å². The Morgan fingerprint density at radius 2 is 0.905 bits per heavy atom. The molecule has 0 aliphatic rings. The van der Waals surface area contributed by atoms with Crippen molar-refractivity contribution in [2.24, 2.45) is 11.5 Å². The smallest absolute Gasteiger partial charge is 0.122 e. The van der Waals surface area contributed by atoms with Gasteiger partial charge in [0.25, 0.3) is 0 Å². The molecule has 42 heavy (non-hydrogen) atoms. The highest BCUT2D eigenvalue weighted by atomic mass is 16.6. The lowest BCUT2D eigenvalue weighted by Gasteiger charge is -2.19. The van der Waals surface area contributed by atoms with Gasteiger partial charge in [-0.05, 0) is 85.3 Å². The first-order chi connectivity index (χ1) is 20.3. The summed E-state index contributed by atoms with van der Waals surface area (Å²) in [6.45, 7) is 4.41. The Balaban J connectivity index is 1.39. The molecule has 11 heteroatoms. The largest absolute Gasteiger partial charge is 0.491 e. The molecule has 0 fully saturated rings. The fourth-order valence-corrected chi connectivity index (χ4v) is 3.65. The average Bonchev–Trinajstić information content (AvgIpc) is 2.99. The van der Waals surface area contributed by atoms with Crippen LogP contribution in [0.25, 0.3) is 0 Å². The summed E-state index contributed by atoms with van der Waals surface area (Å²) in [5.41, 5.74) is 13.6. The van der Waals surface area contributed by atoms with Crippen molar-refractivity contribution in [3.8, 4) is 17.2 Å². The average molecular weight is 578 g/mol. The Bertz CT molecular complexity index is 1200. The standard InChI is InChI=1S/C31H39N5O6/c1-22(32)23-2-8-26(9-3-23)39-16-14-37-20-29(42-19-18-41-28-12-6-25(7-13-28)31(35)36)21-38-15-17-40-27-10-4-24(5-11-27)30(33)34/h2-13,29,32H,14-21H2,1H3,(H3,33,34)(H3,35,36). The Morgan fingerprint density at radius 3 is 1.26 bits per heavy atom. The molecule has 0 radical (unpaired) electrons. The monoisotopic (exact) mass is 577 g/mol. The summed E-state index contributed by atoms with van der Waals surface area (Å²) in [5, 5.41) is 22.6. The number of ether oxygens (including phenoxy) is 6. The molecule has 11 nitrogen and oxygen atoms in total. The first-order valence-corrected chi connectivity index (χ1v) is 13.5. The topological polar surface area (TPSA) is 179 Å². The number of amidine groups is 2. The lowest BCUT2D eigenvalue weighted by Crippen LogP contribution is -2.29. The number of benzene rings is 3. The minimum Gasteiger partial charge on any atom is -0.491 e. The molecule has 0 bridgehead atoms. The highest BCUT2D eigenvalue weighted by molar-refractivity contribution is 5.96. The number of nitrogen functional groups attached to an aromatic ring is 2. The number of hydrogen-bond donors (Lipinski definition) is 5. The first kappa shape index (κ1) is 32.1. The molecule has 0 saturated heterocycles. The van der Waals surface area contributed by atoms with E-state index in [9.17, 15) is 0 Å². The molecule has 1 atom stereocenters. The van der Waals surface area contributed by atoms with Gasteiger partial charge in [0, 0.05) is 16.8 Å². The predicted octanol–water partition coefficient (Wildman–Crippen LogP) is 3.60. The van der Waals surface area contributed by atoms with Gasteiger partial charge in [-0.15, -0.1) is 0 Å². The SMILES string of the molecule is CC(=N)c1ccc(OCCOCC(COCCOc2ccc(C(=N)N)cc2)OCCOc2ccc(C(=N)N)cc2)cc1. The maximum absolute atomic E-state index is 7.68. The van der Waals surface area contributed by atoms with Gasteiger partial charge in [-0.25, -0.2) is 0 Å². The van der Waals surface area contributed by atoms with Gasteiger partial charge < -0.3 is 45.3 Å². The third-order valence-corrected chi connectivity index (χ3v) is 5.92. The molecule has 0 aliphatic carbocycles. The Hall–Kier alpha value is -4.45. The van der Waals surface area contributed by atoms with Crippen LogP contribution in [0.5, 0.6) is 17.2 Å². The van der Waals surface area contributed by atoms with Crippen molar-refractivity contribution in [3.05, 3.63) is 89.5 Å². The van der Waals surface area contributed by atoms with Crippen LogP contribution in [0.15, 0.2) is 72.8 Å². The Labute approximate surface area is 246 Å². The highest BCUT2D eigenvalue weighted by Gasteiger charge is 2.11. The molecule has 224 valence electrons. The van der Waals surface area contributed by atoms with E-state index in [1.54, 1.807) is 55.5 Å². The van der Waals surface area contributed by atoms with Crippen molar-refractivity contribution in [2.45, 2.75) is 13.0 Å². The summed E-state index contributed by atoms with van der Waals surface area (Å²) >= 11 is 0. The van der Waals surface area contributed by atoms with Gasteiger partial charge >= 0.3 is 0 Å². The summed E-state index contributed by atoms with van der Waals surface area (Å²) in [5.74, 6) is 2.04. The van der Waals surface area contributed by atoms with Crippen LogP contribution >= 0.6 is 0 Å². The van der Waals surface area contributed by atoms with Crippen LogP contribution in [-0.2, 0) is 14.2 Å². The second-order valence-electron chi connectivity index (χ2n) is 9.21. The van der Waals surface area contributed by atoms with E-state index in [1.165, 1.54) is 0 Å². The summed E-state index contributed by atoms with van der Waals surface area (Å²) in [6.07, 6.45) is -0.335. The van der Waals surface area contributed by atoms with Gasteiger partial charge in [0.05, 0.1) is 33.0 Å². The molecule has 7 N–H and O–H groups in total. The van der Waals surface area contributed by atoms with E-state index >= 15 is 0 Å². The van der Waals surface area contributed by atoms with E-state index in [0.29, 0.717) is 86.9 Å². The quantitative estimate of drug-likeness (QED) is 0.0768. The number of nitrogens with two attached hydrogens (primary N) is 2. The molecular formula is C31H39N5O6. The predicted molar refractivity (Wildman–Crippen MR) is 162 cm³/mol. The van der Waals surface area contributed by atoms with Crippen molar-refractivity contribution in [1.29, 1.82) is 16.2 Å². The van der Waals surface area contributed by atoms with Crippen LogP contribution in [0.4, 0.5) is 0 Å². The van der Waals surface area contributed by atoms with Crippen LogP contribution < -0.4 is 25.7 Å². The van der Waals surface area contributed by atoms with Crippen molar-refractivity contribution in [2.75, 3.05) is 52.9 Å². The summed E-state index contributed by atoms with van der Waals surface area (Å²) < 4.78 is 34.7. The van der Waals surface area contributed by atoms with Gasteiger partial charge in [-0.1, -0.05) is 0 Å². The molecule has 3 aromatic rings. The van der Waals surface area contributed by atoms with Gasteiger partial charge in [-0.2, -0.15) is 0 Å². The highest BCUT2D eigenvalue weighted by Crippen LogP contribution is 2.14. The van der Waals surface area contributed by atoms with E-state index in [0.717, 1.165) is 5.56 Å². The third-order valence-electron chi connectivity index (χ3n) is 5.92. The lowest BCUT2D eigenvalue weighted by molar-refractivity contribution is -0.0703. The summed E-state index contributed by atoms with van der Waals surface area (Å²) in [7, 11) is 0. The molecule has 3 rings (SSSR count). The maximum atomic E-state index is 7.68. The van der Waals surface area contributed by atoms with Crippen LogP contribution in [0, 0.1) is 16.2 Å². The molecule has 0 spiro atoms. The lowest BCUT2D eigenvalue weighted by atomic mass is 10.1. The van der Waals surface area contributed by atoms with Crippen LogP contribution in [-0.4, -0.2) is 76.3 Å². The summed E-state index contributed by atoms with van der Waals surface area (Å²) in [6, 6.07) is 21.3. The molecule has 3 aromatic carbocycles. The fraction of sp³-hybridized carbons (Fsp3) is 0.323. The van der Waals surface area contributed by atoms with Crippen molar-refractivity contribution in [1.82, 2.24) is 0 Å². The molecular weight excluding hydrogens is 538 g/mol. The number of hydrogen-bond acceptors (Lipinski definition) is 9. The van der Waals surface area contributed by atoms with E-state index in [1.807, 2.05) is 24.3 Å². The zero-order valence-electron chi connectivity index (χ0n) is 23.8. The zero-order valence-corrected chi connectivity index (χ0v) is 23.8. The number of nitrogens with one attached hydrogen (secondary N) is 3. The van der Waals surface area contributed by atoms with E-state index in [-0.39, 0.29) is 17.8 Å². The Morgan fingerprint density at radius 1 is 0.548 bits per heavy atom. The van der Waals surface area contributed by atoms with Gasteiger partial charge in [0.15, 0.2) is 0 Å². The van der Waals surface area contributed by atoms with Gasteiger partial charge in [-0.3, -0.25) is 10.8 Å². The molecule has 0 heterocycles. The maximum Gasteiger partial charge on any atom is 0.122 e. The van der Waals surface area contributed by atoms with Crippen molar-refractivity contribution >= 4 is 17.4 Å².